The molecule has 0 aromatic heterocycles. The third kappa shape index (κ3) is 2.32. The first kappa shape index (κ1) is 12.5. The molecule has 0 saturated carbocycles. The first-order valence-corrected chi connectivity index (χ1v) is 4.40. The first-order chi connectivity index (χ1) is 7.39. The van der Waals surface area contributed by atoms with E-state index in [-0.39, 0.29) is 12.7 Å². The molecule has 0 bridgehead atoms. The molecule has 0 fully saturated rings. The summed E-state index contributed by atoms with van der Waals surface area (Å²) in [4.78, 5) is 10.9. The summed E-state index contributed by atoms with van der Waals surface area (Å²) in [6.07, 6.45) is 0. The number of carbonyl (C=O) groups is 1. The van der Waals surface area contributed by atoms with Crippen molar-refractivity contribution in [3.8, 4) is 0 Å². The Hall–Kier alpha value is -1.59. The van der Waals surface area contributed by atoms with E-state index in [2.05, 4.69) is 4.74 Å². The Morgan fingerprint density at radius 3 is 2.50 bits per heavy atom. The van der Waals surface area contributed by atoms with Crippen molar-refractivity contribution in [2.24, 2.45) is 0 Å². The molecule has 16 heavy (non-hydrogen) atoms. The highest BCUT2D eigenvalue weighted by Gasteiger charge is 2.44. The minimum atomic E-state index is -4.12. The molecule has 2 nitrogen and oxygen atoms in total. The van der Waals surface area contributed by atoms with E-state index in [1.807, 2.05) is 0 Å². The minimum Gasteiger partial charge on any atom is -0.461 e. The lowest BCUT2D eigenvalue weighted by Gasteiger charge is -2.15. The largest absolute Gasteiger partial charge is 0.461 e. The van der Waals surface area contributed by atoms with Crippen LogP contribution in [0.25, 0.3) is 0 Å². The average molecular weight is 236 g/mol. The van der Waals surface area contributed by atoms with Gasteiger partial charge in [-0.3, -0.25) is 0 Å². The Kier molecular flexibility index (Phi) is 3.51. The van der Waals surface area contributed by atoms with E-state index in [1.165, 1.54) is 6.92 Å². The fourth-order valence-electron chi connectivity index (χ4n) is 1.08. The molecule has 0 saturated heterocycles. The monoisotopic (exact) mass is 236 g/mol. The van der Waals surface area contributed by atoms with Gasteiger partial charge in [0, 0.05) is 6.07 Å². The van der Waals surface area contributed by atoms with Crippen LogP contribution in [0.5, 0.6) is 0 Å². The lowest BCUT2D eigenvalue weighted by Crippen LogP contribution is -2.29. The molecular formula is C10H8F4O2. The molecule has 0 spiro atoms. The van der Waals surface area contributed by atoms with Gasteiger partial charge in [-0.15, -0.1) is 0 Å². The molecule has 1 aromatic rings. The van der Waals surface area contributed by atoms with Gasteiger partial charge >= 0.3 is 11.9 Å². The van der Waals surface area contributed by atoms with Gasteiger partial charge in [0.25, 0.3) is 0 Å². The van der Waals surface area contributed by atoms with Crippen molar-refractivity contribution in [2.45, 2.75) is 12.8 Å². The van der Waals surface area contributed by atoms with E-state index in [4.69, 9.17) is 0 Å². The number of hydrogen-bond donors (Lipinski definition) is 0. The topological polar surface area (TPSA) is 26.3 Å². The molecule has 0 aliphatic heterocycles. The summed E-state index contributed by atoms with van der Waals surface area (Å²) in [6.45, 7) is 1.09. The maximum absolute atomic E-state index is 13.3. The lowest BCUT2D eigenvalue weighted by atomic mass is 10.1. The van der Waals surface area contributed by atoms with Gasteiger partial charge in [0.1, 0.15) is 11.6 Å². The Labute approximate surface area is 88.8 Å². The van der Waals surface area contributed by atoms with Crippen molar-refractivity contribution in [1.29, 1.82) is 0 Å². The van der Waals surface area contributed by atoms with Crippen LogP contribution in [0, 0.1) is 11.6 Å². The third-order valence-electron chi connectivity index (χ3n) is 1.80. The fraction of sp³-hybridized carbons (Fsp3) is 0.300. The van der Waals surface area contributed by atoms with Gasteiger partial charge in [0.2, 0.25) is 0 Å². The van der Waals surface area contributed by atoms with Gasteiger partial charge in [0.15, 0.2) is 0 Å². The summed E-state index contributed by atoms with van der Waals surface area (Å²) >= 11 is 0. The van der Waals surface area contributed by atoms with E-state index in [9.17, 15) is 22.4 Å². The SMILES string of the molecule is CCOC(=O)C(F)(F)c1ccc(F)cc1F. The first-order valence-electron chi connectivity index (χ1n) is 4.40. The molecule has 0 heterocycles. The van der Waals surface area contributed by atoms with Crippen LogP contribution in [-0.2, 0) is 15.5 Å². The number of hydrogen-bond acceptors (Lipinski definition) is 2. The highest BCUT2D eigenvalue weighted by molar-refractivity contribution is 5.79. The summed E-state index contributed by atoms with van der Waals surface area (Å²) in [5, 5.41) is 0. The van der Waals surface area contributed by atoms with Crippen LogP contribution < -0.4 is 0 Å². The van der Waals surface area contributed by atoms with Crippen LogP contribution >= 0.6 is 0 Å². The lowest BCUT2D eigenvalue weighted by molar-refractivity contribution is -0.173. The van der Waals surface area contributed by atoms with Crippen molar-refractivity contribution in [2.75, 3.05) is 6.61 Å². The zero-order valence-electron chi connectivity index (χ0n) is 8.27. The molecular weight excluding hydrogens is 228 g/mol. The van der Waals surface area contributed by atoms with Crippen LogP contribution in [0.3, 0.4) is 0 Å². The number of carbonyl (C=O) groups excluding carboxylic acids is 1. The highest BCUT2D eigenvalue weighted by atomic mass is 19.3. The summed E-state index contributed by atoms with van der Waals surface area (Å²) in [7, 11) is 0. The van der Waals surface area contributed by atoms with Crippen molar-refractivity contribution in [1.82, 2.24) is 0 Å². The Morgan fingerprint density at radius 1 is 1.38 bits per heavy atom. The van der Waals surface area contributed by atoms with Gasteiger partial charge in [-0.25, -0.2) is 13.6 Å². The van der Waals surface area contributed by atoms with Crippen molar-refractivity contribution in [3.63, 3.8) is 0 Å². The summed E-state index contributed by atoms with van der Waals surface area (Å²) in [6, 6.07) is 1.44. The number of halogens is 4. The molecule has 1 aromatic carbocycles. The van der Waals surface area contributed by atoms with Crippen molar-refractivity contribution >= 4 is 5.97 Å². The van der Waals surface area contributed by atoms with E-state index < -0.39 is 29.1 Å². The second-order valence-electron chi connectivity index (χ2n) is 2.92. The Morgan fingerprint density at radius 2 is 2.00 bits per heavy atom. The van der Waals surface area contributed by atoms with E-state index >= 15 is 0 Å². The van der Waals surface area contributed by atoms with E-state index in [0.717, 1.165) is 0 Å². The van der Waals surface area contributed by atoms with Gasteiger partial charge < -0.3 is 4.74 Å². The highest BCUT2D eigenvalue weighted by Crippen LogP contribution is 2.31. The second-order valence-corrected chi connectivity index (χ2v) is 2.92. The third-order valence-corrected chi connectivity index (χ3v) is 1.80. The van der Waals surface area contributed by atoms with Gasteiger partial charge in [-0.05, 0) is 19.1 Å². The fourth-order valence-corrected chi connectivity index (χ4v) is 1.08. The normalized spacial score (nSPS) is 11.3. The standard InChI is InChI=1S/C10H8F4O2/c1-2-16-9(15)10(13,14)7-4-3-6(11)5-8(7)12/h3-5H,2H2,1H3. The molecule has 0 aliphatic rings. The molecule has 0 radical (unpaired) electrons. The van der Waals surface area contributed by atoms with Gasteiger partial charge in [-0.1, -0.05) is 0 Å². The predicted octanol–water partition coefficient (Wildman–Crippen LogP) is 2.62. The molecule has 0 amide bonds. The average Bonchev–Trinajstić information content (AvgIpc) is 2.17. The van der Waals surface area contributed by atoms with Crippen LogP contribution in [0.1, 0.15) is 12.5 Å². The van der Waals surface area contributed by atoms with Gasteiger partial charge in [-0.2, -0.15) is 8.78 Å². The number of ether oxygens (including phenoxy) is 1. The molecule has 0 unspecified atom stereocenters. The Balaban J connectivity index is 3.11. The maximum atomic E-state index is 13.3. The van der Waals surface area contributed by atoms with Crippen LogP contribution in [0.2, 0.25) is 0 Å². The number of alkyl halides is 2. The quantitative estimate of drug-likeness (QED) is 0.595. The smallest absolute Gasteiger partial charge is 0.382 e. The summed E-state index contributed by atoms with van der Waals surface area (Å²) in [5.74, 6) is -8.46. The minimum absolute atomic E-state index is 0.253. The Bertz CT molecular complexity index is 404. The summed E-state index contributed by atoms with van der Waals surface area (Å²) in [5.41, 5.74) is -1.20. The molecule has 6 heteroatoms. The zero-order chi connectivity index (χ0) is 12.3. The molecule has 0 atom stereocenters. The van der Waals surface area contributed by atoms with Gasteiger partial charge in [0.05, 0.1) is 12.2 Å². The maximum Gasteiger partial charge on any atom is 0.382 e. The van der Waals surface area contributed by atoms with E-state index in [0.29, 0.717) is 12.1 Å². The molecule has 0 aliphatic carbocycles. The van der Waals surface area contributed by atoms with Crippen LogP contribution in [0.15, 0.2) is 18.2 Å². The molecule has 88 valence electrons. The van der Waals surface area contributed by atoms with E-state index in [1.54, 1.807) is 0 Å². The van der Waals surface area contributed by atoms with Crippen LogP contribution in [0.4, 0.5) is 17.6 Å². The molecule has 1 rings (SSSR count). The second kappa shape index (κ2) is 4.51. The number of rotatable bonds is 3. The number of esters is 1. The van der Waals surface area contributed by atoms with Crippen molar-refractivity contribution in [3.05, 3.63) is 35.4 Å². The number of benzene rings is 1. The molecule has 0 N–H and O–H groups in total. The summed E-state index contributed by atoms with van der Waals surface area (Å²) < 4.78 is 56.2. The predicted molar refractivity (Wildman–Crippen MR) is 46.9 cm³/mol. The zero-order valence-corrected chi connectivity index (χ0v) is 8.27. The van der Waals surface area contributed by atoms with Crippen molar-refractivity contribution < 1.29 is 27.1 Å². The van der Waals surface area contributed by atoms with Crippen LogP contribution in [-0.4, -0.2) is 12.6 Å².